The summed E-state index contributed by atoms with van der Waals surface area (Å²) < 4.78 is 5.18. The summed E-state index contributed by atoms with van der Waals surface area (Å²) in [5, 5.41) is 3.70. The number of benzene rings is 1. The summed E-state index contributed by atoms with van der Waals surface area (Å²) in [6, 6.07) is 13.3. The van der Waals surface area contributed by atoms with Crippen molar-refractivity contribution in [3.8, 4) is 5.88 Å². The Morgan fingerprint density at radius 1 is 1.24 bits per heavy atom. The smallest absolute Gasteiger partial charge is 0.213 e. The van der Waals surface area contributed by atoms with Crippen molar-refractivity contribution in [3.05, 3.63) is 59.3 Å². The van der Waals surface area contributed by atoms with Crippen molar-refractivity contribution in [1.29, 1.82) is 0 Å². The molecule has 21 heavy (non-hydrogen) atoms. The molecule has 0 bridgehead atoms. The third-order valence-corrected chi connectivity index (χ3v) is 4.18. The van der Waals surface area contributed by atoms with E-state index in [0.29, 0.717) is 11.9 Å². The quantitative estimate of drug-likeness (QED) is 0.869. The van der Waals surface area contributed by atoms with Gasteiger partial charge in [0, 0.05) is 24.8 Å². The Labute approximate surface area is 126 Å². The minimum absolute atomic E-state index is 0.447. The molecule has 3 rings (SSSR count). The maximum absolute atomic E-state index is 5.18. The third kappa shape index (κ3) is 3.42. The Morgan fingerprint density at radius 2 is 2.14 bits per heavy atom. The lowest BCUT2D eigenvalue weighted by atomic mass is 9.99. The molecule has 1 N–H and O–H groups in total. The lowest BCUT2D eigenvalue weighted by Gasteiger charge is -2.19. The number of methoxy groups -OCH3 is 1. The van der Waals surface area contributed by atoms with E-state index < -0.39 is 0 Å². The fourth-order valence-corrected chi connectivity index (χ4v) is 3.05. The van der Waals surface area contributed by atoms with E-state index in [1.165, 1.54) is 42.4 Å². The van der Waals surface area contributed by atoms with Gasteiger partial charge in [0.05, 0.1) is 7.11 Å². The maximum atomic E-state index is 5.18. The first-order valence-electron chi connectivity index (χ1n) is 7.67. The van der Waals surface area contributed by atoms with E-state index in [4.69, 9.17) is 4.74 Å². The lowest BCUT2D eigenvalue weighted by molar-refractivity contribution is 0.396. The average Bonchev–Trinajstić information content (AvgIpc) is 2.75. The molecular weight excluding hydrogens is 260 g/mol. The molecule has 1 aliphatic carbocycles. The van der Waals surface area contributed by atoms with E-state index in [0.717, 1.165) is 6.54 Å². The molecule has 1 heterocycles. The first kappa shape index (κ1) is 14.1. The molecule has 0 aliphatic heterocycles. The van der Waals surface area contributed by atoms with Gasteiger partial charge in [-0.3, -0.25) is 0 Å². The molecule has 2 aromatic rings. The molecule has 3 nitrogen and oxygen atoms in total. The number of hydrogen-bond acceptors (Lipinski definition) is 3. The van der Waals surface area contributed by atoms with Gasteiger partial charge in [-0.15, -0.1) is 0 Å². The number of aromatic nitrogens is 1. The minimum atomic E-state index is 0.447. The molecule has 0 spiro atoms. The SMILES string of the molecule is COc1cc(CNC2CCCCc3ccccc32)ccn1. The predicted molar refractivity (Wildman–Crippen MR) is 84.4 cm³/mol. The Bertz CT molecular complexity index is 597. The van der Waals surface area contributed by atoms with Gasteiger partial charge >= 0.3 is 0 Å². The van der Waals surface area contributed by atoms with Gasteiger partial charge in [0.1, 0.15) is 0 Å². The van der Waals surface area contributed by atoms with Gasteiger partial charge in [-0.25, -0.2) is 4.98 Å². The number of rotatable bonds is 4. The van der Waals surface area contributed by atoms with Crippen LogP contribution >= 0.6 is 0 Å². The predicted octanol–water partition coefficient (Wildman–Crippen LogP) is 3.65. The van der Waals surface area contributed by atoms with Crippen LogP contribution in [0, 0.1) is 0 Å². The van der Waals surface area contributed by atoms with Crippen LogP contribution in [0.5, 0.6) is 5.88 Å². The van der Waals surface area contributed by atoms with Gasteiger partial charge in [-0.2, -0.15) is 0 Å². The number of fused-ring (bicyclic) bond motifs is 1. The summed E-state index contributed by atoms with van der Waals surface area (Å²) in [4.78, 5) is 4.15. The molecule has 110 valence electrons. The van der Waals surface area contributed by atoms with Crippen molar-refractivity contribution in [3.63, 3.8) is 0 Å². The van der Waals surface area contributed by atoms with Crippen LogP contribution in [0.1, 0.15) is 42.0 Å². The highest BCUT2D eigenvalue weighted by atomic mass is 16.5. The Balaban J connectivity index is 1.72. The molecular formula is C18H22N2O. The summed E-state index contributed by atoms with van der Waals surface area (Å²) >= 11 is 0. The molecule has 0 saturated carbocycles. The van der Waals surface area contributed by atoms with Gasteiger partial charge in [0.25, 0.3) is 0 Å². The zero-order valence-electron chi connectivity index (χ0n) is 12.5. The van der Waals surface area contributed by atoms with Crippen LogP contribution in [0.2, 0.25) is 0 Å². The number of hydrogen-bond donors (Lipinski definition) is 1. The van der Waals surface area contributed by atoms with E-state index >= 15 is 0 Å². The van der Waals surface area contributed by atoms with E-state index in [2.05, 4.69) is 34.6 Å². The molecule has 1 unspecified atom stereocenters. The molecule has 0 fully saturated rings. The van der Waals surface area contributed by atoms with Gasteiger partial charge in [-0.1, -0.05) is 30.7 Å². The fourth-order valence-electron chi connectivity index (χ4n) is 3.05. The van der Waals surface area contributed by atoms with Crippen LogP contribution in [-0.2, 0) is 13.0 Å². The van der Waals surface area contributed by atoms with Crippen LogP contribution in [0.4, 0.5) is 0 Å². The second kappa shape index (κ2) is 6.72. The van der Waals surface area contributed by atoms with Gasteiger partial charge in [0.2, 0.25) is 5.88 Å². The number of pyridine rings is 1. The zero-order chi connectivity index (χ0) is 14.5. The van der Waals surface area contributed by atoms with Crippen molar-refractivity contribution in [2.45, 2.75) is 38.3 Å². The second-order valence-corrected chi connectivity index (χ2v) is 5.58. The monoisotopic (exact) mass is 282 g/mol. The largest absolute Gasteiger partial charge is 0.481 e. The van der Waals surface area contributed by atoms with Gasteiger partial charge in [0.15, 0.2) is 0 Å². The summed E-state index contributed by atoms with van der Waals surface area (Å²) in [5.74, 6) is 0.676. The lowest BCUT2D eigenvalue weighted by Crippen LogP contribution is -2.21. The maximum Gasteiger partial charge on any atom is 0.213 e. The van der Waals surface area contributed by atoms with Crippen molar-refractivity contribution in [2.24, 2.45) is 0 Å². The number of ether oxygens (including phenoxy) is 1. The highest BCUT2D eigenvalue weighted by Crippen LogP contribution is 2.28. The molecule has 1 atom stereocenters. The number of aryl methyl sites for hydroxylation is 1. The van der Waals surface area contributed by atoms with Crippen molar-refractivity contribution in [1.82, 2.24) is 10.3 Å². The highest BCUT2D eigenvalue weighted by molar-refractivity contribution is 5.31. The molecule has 1 aliphatic rings. The normalized spacial score (nSPS) is 17.9. The number of nitrogens with zero attached hydrogens (tertiary/aromatic N) is 1. The average molecular weight is 282 g/mol. The molecule has 0 radical (unpaired) electrons. The van der Waals surface area contributed by atoms with Gasteiger partial charge < -0.3 is 10.1 Å². The number of nitrogens with one attached hydrogen (secondary N) is 1. The first-order chi connectivity index (χ1) is 10.4. The van der Waals surface area contributed by atoms with E-state index in [1.54, 1.807) is 13.3 Å². The van der Waals surface area contributed by atoms with Crippen LogP contribution in [0.25, 0.3) is 0 Å². The summed E-state index contributed by atoms with van der Waals surface area (Å²) in [7, 11) is 1.65. The standard InChI is InChI=1S/C18H22N2O/c1-21-18-12-14(10-11-19-18)13-20-17-9-5-3-7-15-6-2-4-8-16(15)17/h2,4,6,8,10-12,17,20H,3,5,7,9,13H2,1H3. The van der Waals surface area contributed by atoms with Crippen molar-refractivity contribution in [2.75, 3.05) is 7.11 Å². The Hall–Kier alpha value is -1.87. The molecule has 1 aromatic heterocycles. The van der Waals surface area contributed by atoms with Crippen LogP contribution in [0.15, 0.2) is 42.6 Å². The zero-order valence-corrected chi connectivity index (χ0v) is 12.5. The van der Waals surface area contributed by atoms with Crippen molar-refractivity contribution >= 4 is 0 Å². The van der Waals surface area contributed by atoms with E-state index in [9.17, 15) is 0 Å². The van der Waals surface area contributed by atoms with Crippen LogP contribution in [0.3, 0.4) is 0 Å². The summed E-state index contributed by atoms with van der Waals surface area (Å²) in [6.07, 6.45) is 6.79. The molecule has 0 amide bonds. The van der Waals surface area contributed by atoms with Crippen LogP contribution < -0.4 is 10.1 Å². The summed E-state index contributed by atoms with van der Waals surface area (Å²) in [5.41, 5.74) is 4.18. The van der Waals surface area contributed by atoms with E-state index in [1.807, 2.05) is 12.1 Å². The minimum Gasteiger partial charge on any atom is -0.481 e. The molecule has 1 aromatic carbocycles. The first-order valence-corrected chi connectivity index (χ1v) is 7.67. The second-order valence-electron chi connectivity index (χ2n) is 5.58. The molecule has 0 saturated heterocycles. The Kier molecular flexibility index (Phi) is 4.51. The fraction of sp³-hybridized carbons (Fsp3) is 0.389. The van der Waals surface area contributed by atoms with Gasteiger partial charge in [-0.05, 0) is 42.0 Å². The Morgan fingerprint density at radius 3 is 3.05 bits per heavy atom. The van der Waals surface area contributed by atoms with Crippen molar-refractivity contribution < 1.29 is 4.74 Å². The third-order valence-electron chi connectivity index (χ3n) is 4.18. The highest BCUT2D eigenvalue weighted by Gasteiger charge is 2.17. The summed E-state index contributed by atoms with van der Waals surface area (Å²) in [6.45, 7) is 0.845. The molecule has 3 heteroatoms. The van der Waals surface area contributed by atoms with Crippen LogP contribution in [-0.4, -0.2) is 12.1 Å². The topological polar surface area (TPSA) is 34.1 Å². The van der Waals surface area contributed by atoms with E-state index in [-0.39, 0.29) is 0 Å².